The van der Waals surface area contributed by atoms with Gasteiger partial charge in [0, 0.05) is 27.3 Å². The standard InChI is InChI=1S/C43H31NO/c1-43(2)34-21-10-8-19-32(34)41-35(43)22-13-24-37(41)44(36-23-11-9-17-30(36)28-14-4-3-5-15-28)38-25-12-20-33-40-31-18-7-6-16-29(31)26-27-39(40)45-42(33)38/h3-27H,1-2H3. The van der Waals surface area contributed by atoms with Gasteiger partial charge in [0.05, 0.1) is 17.1 Å². The lowest BCUT2D eigenvalue weighted by molar-refractivity contribution is 0.660. The Bertz CT molecular complexity index is 2410. The minimum absolute atomic E-state index is 0.114. The molecule has 7 aromatic carbocycles. The van der Waals surface area contributed by atoms with Crippen LogP contribution in [0.1, 0.15) is 25.0 Å². The van der Waals surface area contributed by atoms with Gasteiger partial charge in [0.1, 0.15) is 5.58 Å². The zero-order valence-corrected chi connectivity index (χ0v) is 25.3. The minimum Gasteiger partial charge on any atom is -0.454 e. The molecule has 45 heavy (non-hydrogen) atoms. The van der Waals surface area contributed by atoms with Crippen molar-refractivity contribution < 1.29 is 4.42 Å². The molecule has 2 nitrogen and oxygen atoms in total. The third kappa shape index (κ3) is 3.76. The van der Waals surface area contributed by atoms with Crippen LogP contribution in [0, 0.1) is 0 Å². The molecule has 0 saturated carbocycles. The number of benzene rings is 7. The Labute approximate surface area is 262 Å². The molecule has 1 aliphatic rings. The zero-order valence-electron chi connectivity index (χ0n) is 25.3. The second-order valence-corrected chi connectivity index (χ2v) is 12.5. The van der Waals surface area contributed by atoms with Gasteiger partial charge in [-0.15, -0.1) is 0 Å². The van der Waals surface area contributed by atoms with Crippen LogP contribution in [0.4, 0.5) is 17.1 Å². The van der Waals surface area contributed by atoms with Crippen LogP contribution in [0.5, 0.6) is 0 Å². The second-order valence-electron chi connectivity index (χ2n) is 12.5. The van der Waals surface area contributed by atoms with Gasteiger partial charge in [0.2, 0.25) is 0 Å². The molecule has 214 valence electrons. The first kappa shape index (κ1) is 25.9. The zero-order chi connectivity index (χ0) is 30.1. The summed E-state index contributed by atoms with van der Waals surface area (Å²) in [6.07, 6.45) is 0. The molecule has 0 amide bonds. The summed E-state index contributed by atoms with van der Waals surface area (Å²) >= 11 is 0. The molecule has 1 aliphatic carbocycles. The van der Waals surface area contributed by atoms with Gasteiger partial charge in [-0.05, 0) is 57.3 Å². The summed E-state index contributed by atoms with van der Waals surface area (Å²) in [4.78, 5) is 2.44. The lowest BCUT2D eigenvalue weighted by Crippen LogP contribution is -2.16. The molecular formula is C43H31NO. The third-order valence-corrected chi connectivity index (χ3v) is 9.66. The first-order valence-corrected chi connectivity index (χ1v) is 15.6. The molecule has 8 aromatic rings. The highest BCUT2D eigenvalue weighted by Gasteiger charge is 2.38. The Morgan fingerprint density at radius 2 is 1.13 bits per heavy atom. The SMILES string of the molecule is CC1(C)c2ccccc2-c2c(N(c3ccccc3-c3ccccc3)c3cccc4c3oc3ccc5ccccc5c34)cccc21. The van der Waals surface area contributed by atoms with Crippen molar-refractivity contribution in [1.82, 2.24) is 0 Å². The van der Waals surface area contributed by atoms with Gasteiger partial charge < -0.3 is 9.32 Å². The van der Waals surface area contributed by atoms with E-state index in [0.717, 1.165) is 39.0 Å². The van der Waals surface area contributed by atoms with E-state index in [-0.39, 0.29) is 5.41 Å². The Morgan fingerprint density at radius 3 is 2.02 bits per heavy atom. The van der Waals surface area contributed by atoms with E-state index in [0.29, 0.717) is 0 Å². The van der Waals surface area contributed by atoms with Crippen molar-refractivity contribution in [3.63, 3.8) is 0 Å². The molecule has 0 spiro atoms. The summed E-state index contributed by atoms with van der Waals surface area (Å²) in [6.45, 7) is 4.68. The first-order chi connectivity index (χ1) is 22.1. The van der Waals surface area contributed by atoms with Gasteiger partial charge in [0.25, 0.3) is 0 Å². The van der Waals surface area contributed by atoms with Gasteiger partial charge in [-0.1, -0.05) is 141 Å². The van der Waals surface area contributed by atoms with E-state index in [9.17, 15) is 0 Å². The monoisotopic (exact) mass is 577 g/mol. The second kappa shape index (κ2) is 9.70. The highest BCUT2D eigenvalue weighted by molar-refractivity contribution is 6.21. The molecule has 0 aliphatic heterocycles. The van der Waals surface area contributed by atoms with Crippen LogP contribution < -0.4 is 4.90 Å². The molecular weight excluding hydrogens is 546 g/mol. The van der Waals surface area contributed by atoms with E-state index >= 15 is 0 Å². The largest absolute Gasteiger partial charge is 0.454 e. The number of fused-ring (bicyclic) bond motifs is 8. The molecule has 0 N–H and O–H groups in total. The lowest BCUT2D eigenvalue weighted by atomic mass is 9.82. The van der Waals surface area contributed by atoms with Crippen LogP contribution in [0.15, 0.2) is 156 Å². The quantitative estimate of drug-likeness (QED) is 0.207. The van der Waals surface area contributed by atoms with Crippen LogP contribution in [0.3, 0.4) is 0 Å². The van der Waals surface area contributed by atoms with Crippen molar-refractivity contribution in [2.45, 2.75) is 19.3 Å². The number of nitrogens with zero attached hydrogens (tertiary/aromatic N) is 1. The van der Waals surface area contributed by atoms with Crippen molar-refractivity contribution in [3.05, 3.63) is 163 Å². The molecule has 2 heteroatoms. The van der Waals surface area contributed by atoms with Crippen LogP contribution >= 0.6 is 0 Å². The molecule has 0 unspecified atom stereocenters. The summed E-state index contributed by atoms with van der Waals surface area (Å²) in [7, 11) is 0. The fourth-order valence-corrected chi connectivity index (χ4v) is 7.57. The summed E-state index contributed by atoms with van der Waals surface area (Å²) in [5, 5.41) is 4.70. The van der Waals surface area contributed by atoms with Gasteiger partial charge in [-0.3, -0.25) is 0 Å². The van der Waals surface area contributed by atoms with Crippen molar-refractivity contribution >= 4 is 49.8 Å². The molecule has 0 bridgehead atoms. The first-order valence-electron chi connectivity index (χ1n) is 15.6. The number of furan rings is 1. The van der Waals surface area contributed by atoms with Crippen molar-refractivity contribution in [1.29, 1.82) is 0 Å². The van der Waals surface area contributed by atoms with Crippen molar-refractivity contribution in [2.75, 3.05) is 4.90 Å². The van der Waals surface area contributed by atoms with Gasteiger partial charge in [-0.25, -0.2) is 0 Å². The highest BCUT2D eigenvalue weighted by Crippen LogP contribution is 2.55. The molecule has 1 aromatic heterocycles. The highest BCUT2D eigenvalue weighted by atomic mass is 16.3. The predicted molar refractivity (Wildman–Crippen MR) is 189 cm³/mol. The fraction of sp³-hybridized carbons (Fsp3) is 0.0698. The van der Waals surface area contributed by atoms with Crippen LogP contribution in [0.25, 0.3) is 55.0 Å². The molecule has 0 fully saturated rings. The average molecular weight is 578 g/mol. The van der Waals surface area contributed by atoms with E-state index in [1.165, 1.54) is 44.2 Å². The topological polar surface area (TPSA) is 16.4 Å². The Morgan fingerprint density at radius 1 is 0.489 bits per heavy atom. The predicted octanol–water partition coefficient (Wildman–Crippen LogP) is 12.2. The number of para-hydroxylation sites is 2. The smallest absolute Gasteiger partial charge is 0.159 e. The van der Waals surface area contributed by atoms with Crippen LogP contribution in [0.2, 0.25) is 0 Å². The molecule has 0 radical (unpaired) electrons. The number of hydrogen-bond acceptors (Lipinski definition) is 2. The average Bonchev–Trinajstić information content (AvgIpc) is 3.59. The molecule has 1 heterocycles. The Hall–Kier alpha value is -5.60. The lowest BCUT2D eigenvalue weighted by Gasteiger charge is -2.30. The Kier molecular flexibility index (Phi) is 5.58. The maximum atomic E-state index is 6.85. The van der Waals surface area contributed by atoms with Gasteiger partial charge >= 0.3 is 0 Å². The van der Waals surface area contributed by atoms with Gasteiger partial charge in [-0.2, -0.15) is 0 Å². The minimum atomic E-state index is -0.114. The normalized spacial score (nSPS) is 13.3. The summed E-state index contributed by atoms with van der Waals surface area (Å²) in [6, 6.07) is 54.5. The fourth-order valence-electron chi connectivity index (χ4n) is 7.57. The molecule has 0 saturated heterocycles. The Balaban J connectivity index is 1.41. The third-order valence-electron chi connectivity index (χ3n) is 9.66. The van der Waals surface area contributed by atoms with E-state index in [1.54, 1.807) is 0 Å². The number of hydrogen-bond donors (Lipinski definition) is 0. The van der Waals surface area contributed by atoms with Crippen molar-refractivity contribution in [2.24, 2.45) is 0 Å². The molecule has 0 atom stereocenters. The maximum absolute atomic E-state index is 6.85. The summed E-state index contributed by atoms with van der Waals surface area (Å²) in [5.41, 5.74) is 12.6. The number of anilines is 3. The summed E-state index contributed by atoms with van der Waals surface area (Å²) < 4.78 is 6.85. The maximum Gasteiger partial charge on any atom is 0.159 e. The van der Waals surface area contributed by atoms with Crippen LogP contribution in [-0.2, 0) is 5.41 Å². The number of rotatable bonds is 4. The summed E-state index contributed by atoms with van der Waals surface area (Å²) in [5.74, 6) is 0. The van der Waals surface area contributed by atoms with E-state index < -0.39 is 0 Å². The van der Waals surface area contributed by atoms with E-state index in [2.05, 4.69) is 170 Å². The molecule has 9 rings (SSSR count). The van der Waals surface area contributed by atoms with E-state index in [1.807, 2.05) is 0 Å². The van der Waals surface area contributed by atoms with E-state index in [4.69, 9.17) is 4.42 Å². The van der Waals surface area contributed by atoms with Crippen molar-refractivity contribution in [3.8, 4) is 22.3 Å². The van der Waals surface area contributed by atoms with Gasteiger partial charge in [0.15, 0.2) is 5.58 Å². The van der Waals surface area contributed by atoms with Crippen LogP contribution in [-0.4, -0.2) is 0 Å².